The molecular formula is C10H18ClN3S. The van der Waals surface area contributed by atoms with Crippen molar-refractivity contribution in [2.45, 2.75) is 18.1 Å². The summed E-state index contributed by atoms with van der Waals surface area (Å²) in [4.78, 5) is 4.11. The van der Waals surface area contributed by atoms with Crippen molar-refractivity contribution in [3.63, 3.8) is 0 Å². The molecule has 3 nitrogen and oxygen atoms in total. The minimum Gasteiger partial charge on any atom is -0.355 e. The molecule has 1 heterocycles. The molecule has 0 aromatic carbocycles. The van der Waals surface area contributed by atoms with Gasteiger partial charge in [-0.1, -0.05) is 18.2 Å². The second kappa shape index (κ2) is 7.01. The number of guanidine groups is 1. The average molecular weight is 248 g/mol. The maximum atomic E-state index is 5.66. The molecule has 1 unspecified atom stereocenters. The summed E-state index contributed by atoms with van der Waals surface area (Å²) in [5.74, 6) is 2.08. The molecule has 0 aromatic heterocycles. The third kappa shape index (κ3) is 5.33. The fraction of sp³-hybridized carbons (Fsp3) is 0.700. The second-order valence-corrected chi connectivity index (χ2v) is 5.40. The molecule has 1 saturated heterocycles. The van der Waals surface area contributed by atoms with Crippen molar-refractivity contribution in [3.8, 4) is 0 Å². The Morgan fingerprint density at radius 3 is 2.93 bits per heavy atom. The highest BCUT2D eigenvalue weighted by molar-refractivity contribution is 8.00. The van der Waals surface area contributed by atoms with Gasteiger partial charge in [-0.05, 0) is 18.6 Å². The standard InChI is InChI=1S/C10H18ClN3S/c1-8(11)6-13-10(12-2)14-7-9-4-3-5-15-9/h9H,1,3-7H2,2H3,(H2,12,13,14). The number of hydrogen-bond acceptors (Lipinski definition) is 2. The normalized spacial score (nSPS) is 21.5. The molecule has 2 N–H and O–H groups in total. The number of hydrogen-bond donors (Lipinski definition) is 2. The van der Waals surface area contributed by atoms with Crippen molar-refractivity contribution in [3.05, 3.63) is 11.6 Å². The van der Waals surface area contributed by atoms with E-state index in [1.807, 2.05) is 11.8 Å². The molecule has 0 saturated carbocycles. The molecule has 0 spiro atoms. The maximum absolute atomic E-state index is 5.66. The first kappa shape index (κ1) is 12.7. The van der Waals surface area contributed by atoms with Gasteiger partial charge in [-0.3, -0.25) is 4.99 Å². The van der Waals surface area contributed by atoms with Crippen LogP contribution in [0, 0.1) is 0 Å². The quantitative estimate of drug-likeness (QED) is 0.588. The van der Waals surface area contributed by atoms with E-state index in [0.717, 1.165) is 17.8 Å². The average Bonchev–Trinajstić information content (AvgIpc) is 2.70. The Kier molecular flexibility index (Phi) is 5.95. The lowest BCUT2D eigenvalue weighted by molar-refractivity contribution is 0.733. The Morgan fingerprint density at radius 2 is 2.40 bits per heavy atom. The lowest BCUT2D eigenvalue weighted by Gasteiger charge is -2.14. The van der Waals surface area contributed by atoms with Crippen LogP contribution >= 0.6 is 23.4 Å². The summed E-state index contributed by atoms with van der Waals surface area (Å²) in [5.41, 5.74) is 0. The third-order valence-corrected chi connectivity index (χ3v) is 3.72. The van der Waals surface area contributed by atoms with Gasteiger partial charge in [0.25, 0.3) is 0 Å². The molecule has 1 fully saturated rings. The third-order valence-electron chi connectivity index (χ3n) is 2.19. The van der Waals surface area contributed by atoms with E-state index >= 15 is 0 Å². The van der Waals surface area contributed by atoms with E-state index in [0.29, 0.717) is 11.6 Å². The van der Waals surface area contributed by atoms with Crippen LogP contribution in [0.25, 0.3) is 0 Å². The Bertz CT molecular complexity index is 237. The van der Waals surface area contributed by atoms with Gasteiger partial charge in [0.2, 0.25) is 0 Å². The van der Waals surface area contributed by atoms with Crippen LogP contribution in [0.4, 0.5) is 0 Å². The van der Waals surface area contributed by atoms with E-state index in [1.165, 1.54) is 18.6 Å². The SMILES string of the molecule is C=C(Cl)CNC(=NC)NCC1CCCS1. The Balaban J connectivity index is 2.18. The zero-order valence-corrected chi connectivity index (χ0v) is 10.6. The van der Waals surface area contributed by atoms with E-state index in [-0.39, 0.29) is 0 Å². The number of nitrogens with zero attached hydrogens (tertiary/aromatic N) is 1. The molecule has 1 aliphatic heterocycles. The van der Waals surface area contributed by atoms with Gasteiger partial charge in [-0.25, -0.2) is 0 Å². The molecule has 5 heteroatoms. The van der Waals surface area contributed by atoms with Crippen LogP contribution in [0.5, 0.6) is 0 Å². The fourth-order valence-corrected chi connectivity index (χ4v) is 2.68. The van der Waals surface area contributed by atoms with Gasteiger partial charge in [0.15, 0.2) is 5.96 Å². The van der Waals surface area contributed by atoms with Crippen LogP contribution in [0.1, 0.15) is 12.8 Å². The van der Waals surface area contributed by atoms with Crippen LogP contribution in [-0.2, 0) is 0 Å². The highest BCUT2D eigenvalue weighted by Crippen LogP contribution is 2.25. The number of rotatable bonds is 4. The molecule has 1 atom stereocenters. The molecule has 0 radical (unpaired) electrons. The van der Waals surface area contributed by atoms with Gasteiger partial charge < -0.3 is 10.6 Å². The Morgan fingerprint density at radius 1 is 1.60 bits per heavy atom. The minimum absolute atomic E-state index is 0.555. The molecule has 1 rings (SSSR count). The maximum Gasteiger partial charge on any atom is 0.191 e. The molecule has 0 amide bonds. The first-order chi connectivity index (χ1) is 7.22. The van der Waals surface area contributed by atoms with Crippen LogP contribution in [0.15, 0.2) is 16.6 Å². The summed E-state index contributed by atoms with van der Waals surface area (Å²) in [7, 11) is 1.76. The Labute approximate surface area is 101 Å². The predicted molar refractivity (Wildman–Crippen MR) is 69.8 cm³/mol. The van der Waals surface area contributed by atoms with Crippen molar-refractivity contribution in [1.82, 2.24) is 10.6 Å². The number of aliphatic imine (C=N–C) groups is 1. The smallest absolute Gasteiger partial charge is 0.191 e. The topological polar surface area (TPSA) is 36.4 Å². The molecule has 0 bridgehead atoms. The van der Waals surface area contributed by atoms with Gasteiger partial charge in [-0.2, -0.15) is 11.8 Å². The summed E-state index contributed by atoms with van der Waals surface area (Å²) in [5, 5.41) is 7.69. The first-order valence-corrected chi connectivity index (χ1v) is 6.54. The van der Waals surface area contributed by atoms with Gasteiger partial charge >= 0.3 is 0 Å². The van der Waals surface area contributed by atoms with Crippen molar-refractivity contribution in [1.29, 1.82) is 0 Å². The molecular weight excluding hydrogens is 230 g/mol. The van der Waals surface area contributed by atoms with Crippen LogP contribution in [-0.4, -0.2) is 37.1 Å². The molecule has 15 heavy (non-hydrogen) atoms. The van der Waals surface area contributed by atoms with Crippen LogP contribution < -0.4 is 10.6 Å². The van der Waals surface area contributed by atoms with Gasteiger partial charge in [-0.15, -0.1) is 0 Å². The molecule has 1 aliphatic rings. The number of halogens is 1. The second-order valence-electron chi connectivity index (χ2n) is 3.46. The van der Waals surface area contributed by atoms with Crippen LogP contribution in [0.3, 0.4) is 0 Å². The Hall–Kier alpha value is -0.350. The van der Waals surface area contributed by atoms with E-state index in [4.69, 9.17) is 11.6 Å². The molecule has 86 valence electrons. The van der Waals surface area contributed by atoms with E-state index in [9.17, 15) is 0 Å². The molecule has 0 aromatic rings. The van der Waals surface area contributed by atoms with E-state index < -0.39 is 0 Å². The number of thioether (sulfide) groups is 1. The van der Waals surface area contributed by atoms with Crippen LogP contribution in [0.2, 0.25) is 0 Å². The summed E-state index contributed by atoms with van der Waals surface area (Å²) < 4.78 is 0. The predicted octanol–water partition coefficient (Wildman–Crippen LogP) is 1.80. The fourth-order valence-electron chi connectivity index (χ4n) is 1.42. The van der Waals surface area contributed by atoms with Crippen molar-refractivity contribution in [2.24, 2.45) is 4.99 Å². The van der Waals surface area contributed by atoms with Crippen molar-refractivity contribution >= 4 is 29.3 Å². The lowest BCUT2D eigenvalue weighted by Crippen LogP contribution is -2.40. The zero-order chi connectivity index (χ0) is 11.1. The lowest BCUT2D eigenvalue weighted by atomic mass is 10.2. The first-order valence-electron chi connectivity index (χ1n) is 5.11. The van der Waals surface area contributed by atoms with E-state index in [1.54, 1.807) is 7.05 Å². The van der Waals surface area contributed by atoms with E-state index in [2.05, 4.69) is 22.2 Å². The van der Waals surface area contributed by atoms with Crippen molar-refractivity contribution < 1.29 is 0 Å². The summed E-state index contributed by atoms with van der Waals surface area (Å²) in [6, 6.07) is 0. The summed E-state index contributed by atoms with van der Waals surface area (Å²) in [6.45, 7) is 5.14. The highest BCUT2D eigenvalue weighted by Gasteiger charge is 2.15. The van der Waals surface area contributed by atoms with Gasteiger partial charge in [0.05, 0.1) is 6.54 Å². The summed E-state index contributed by atoms with van der Waals surface area (Å²) >= 11 is 7.69. The molecule has 0 aliphatic carbocycles. The monoisotopic (exact) mass is 247 g/mol. The largest absolute Gasteiger partial charge is 0.355 e. The number of nitrogens with one attached hydrogen (secondary N) is 2. The highest BCUT2D eigenvalue weighted by atomic mass is 35.5. The summed E-state index contributed by atoms with van der Waals surface area (Å²) in [6.07, 6.45) is 2.64. The van der Waals surface area contributed by atoms with Crippen molar-refractivity contribution in [2.75, 3.05) is 25.9 Å². The van der Waals surface area contributed by atoms with Gasteiger partial charge in [0, 0.05) is 23.9 Å². The van der Waals surface area contributed by atoms with Gasteiger partial charge in [0.1, 0.15) is 0 Å². The zero-order valence-electron chi connectivity index (χ0n) is 9.05. The minimum atomic E-state index is 0.555.